The van der Waals surface area contributed by atoms with Crippen LogP contribution >= 0.6 is 0 Å². The molecule has 554 valence electrons. The molecule has 0 bridgehead atoms. The second kappa shape index (κ2) is 52.0. The topological polar surface area (TPSA) is 373 Å². The monoisotopic (exact) mass is 1360 g/mol. The van der Waals surface area contributed by atoms with E-state index in [1.54, 1.807) is 6.08 Å². The molecule has 0 radical (unpaired) electrons. The van der Waals surface area contributed by atoms with E-state index in [0.29, 0.717) is 12.8 Å². The first kappa shape index (κ1) is 86.2. The van der Waals surface area contributed by atoms with Gasteiger partial charge in [-0.1, -0.05) is 237 Å². The Hall–Kier alpha value is -3.05. The minimum Gasteiger partial charge on any atom is -0.477 e. The number of carbonyl (C=O) groups is 3. The molecule has 3 rings (SSSR count). The van der Waals surface area contributed by atoms with Crippen LogP contribution in [0.1, 0.15) is 265 Å². The number of carboxylic acids is 1. The first-order valence-corrected chi connectivity index (χ1v) is 36.9. The fourth-order valence-corrected chi connectivity index (χ4v) is 12.7. The molecule has 0 spiro atoms. The van der Waals surface area contributed by atoms with Crippen molar-refractivity contribution in [2.24, 2.45) is 0 Å². The van der Waals surface area contributed by atoms with Gasteiger partial charge in [-0.05, 0) is 44.9 Å². The van der Waals surface area contributed by atoms with Crippen LogP contribution in [0.5, 0.6) is 0 Å². The third-order valence-electron chi connectivity index (χ3n) is 18.6. The highest BCUT2D eigenvalue weighted by Gasteiger charge is 2.60. The van der Waals surface area contributed by atoms with E-state index in [1.807, 2.05) is 6.08 Å². The molecule has 18 unspecified atom stereocenters. The smallest absolute Gasteiger partial charge is 0.364 e. The molecule has 0 saturated carbocycles. The van der Waals surface area contributed by atoms with Crippen LogP contribution in [0, 0.1) is 0 Å². The largest absolute Gasteiger partial charge is 0.477 e. The lowest BCUT2D eigenvalue weighted by Gasteiger charge is -2.50. The van der Waals surface area contributed by atoms with E-state index >= 15 is 0 Å². The third-order valence-corrected chi connectivity index (χ3v) is 18.6. The Balaban J connectivity index is 1.57. The third kappa shape index (κ3) is 33.8. The van der Waals surface area contributed by atoms with E-state index in [2.05, 4.69) is 48.8 Å². The van der Waals surface area contributed by atoms with Crippen molar-refractivity contribution in [3.63, 3.8) is 0 Å². The van der Waals surface area contributed by atoms with Gasteiger partial charge >= 0.3 is 5.97 Å². The number of aliphatic hydroxyl groups excluding tert-OH is 11. The average molecular weight is 1360 g/mol. The number of amides is 2. The van der Waals surface area contributed by atoms with E-state index in [4.69, 9.17) is 28.4 Å². The Kier molecular flexibility index (Phi) is 47.2. The highest BCUT2D eigenvalue weighted by Crippen LogP contribution is 2.39. The first-order chi connectivity index (χ1) is 45.9. The Bertz CT molecular complexity index is 2060. The molecule has 3 saturated heterocycles. The molecule has 0 aromatic carbocycles. The van der Waals surface area contributed by atoms with Crippen LogP contribution < -0.4 is 10.6 Å². The number of nitrogens with one attached hydrogen (secondary N) is 2. The summed E-state index contributed by atoms with van der Waals surface area (Å²) in [6.45, 7) is 2.06. The molecule has 95 heavy (non-hydrogen) atoms. The second-order valence-corrected chi connectivity index (χ2v) is 26.8. The zero-order valence-electron chi connectivity index (χ0n) is 58.0. The van der Waals surface area contributed by atoms with E-state index in [0.717, 1.165) is 64.7 Å². The minimum absolute atomic E-state index is 0.200. The molecule has 23 heteroatoms. The molecule has 3 fully saturated rings. The summed E-state index contributed by atoms with van der Waals surface area (Å²) >= 11 is 0. The fourth-order valence-electron chi connectivity index (χ4n) is 12.7. The molecule has 0 aromatic heterocycles. The van der Waals surface area contributed by atoms with Crippen LogP contribution in [-0.2, 0) is 42.8 Å². The average Bonchev–Trinajstić information content (AvgIpc) is 0.757. The lowest BCUT2D eigenvalue weighted by atomic mass is 9.88. The highest BCUT2D eigenvalue weighted by molar-refractivity contribution is 5.77. The molecule has 3 aliphatic heterocycles. The van der Waals surface area contributed by atoms with Gasteiger partial charge in [-0.2, -0.15) is 0 Å². The molecule has 14 N–H and O–H groups in total. The summed E-state index contributed by atoms with van der Waals surface area (Å²) in [5, 5.41) is 136. The highest BCUT2D eigenvalue weighted by atomic mass is 16.8. The van der Waals surface area contributed by atoms with Gasteiger partial charge in [-0.25, -0.2) is 4.79 Å². The van der Waals surface area contributed by atoms with Gasteiger partial charge in [-0.15, -0.1) is 0 Å². The van der Waals surface area contributed by atoms with Crippen LogP contribution in [0.4, 0.5) is 0 Å². The Labute approximate surface area is 567 Å². The maximum atomic E-state index is 13.5. The minimum atomic E-state index is -3.08. The number of unbranched alkanes of at least 4 members (excludes halogenated alkanes) is 32. The fraction of sp³-hybridized carbons (Fsp3) is 0.875. The van der Waals surface area contributed by atoms with Crippen LogP contribution in [-0.4, -0.2) is 215 Å². The van der Waals surface area contributed by atoms with Crippen molar-refractivity contribution in [2.75, 3.05) is 26.4 Å². The summed E-state index contributed by atoms with van der Waals surface area (Å²) in [5.74, 6) is -6.14. The number of carbonyl (C=O) groups excluding carboxylic acids is 2. The number of allylic oxidation sites excluding steroid dienone is 5. The van der Waals surface area contributed by atoms with E-state index in [9.17, 15) is 75.7 Å². The van der Waals surface area contributed by atoms with E-state index in [1.165, 1.54) is 161 Å². The van der Waals surface area contributed by atoms with Gasteiger partial charge in [0.25, 0.3) is 5.79 Å². The van der Waals surface area contributed by atoms with Gasteiger partial charge in [0.05, 0.1) is 50.7 Å². The van der Waals surface area contributed by atoms with Gasteiger partial charge in [0.15, 0.2) is 12.6 Å². The van der Waals surface area contributed by atoms with Crippen molar-refractivity contribution in [2.45, 2.75) is 375 Å². The quantitative estimate of drug-likeness (QED) is 0.0204. The summed E-state index contributed by atoms with van der Waals surface area (Å²) in [6.07, 6.45) is 26.0. The predicted octanol–water partition coefficient (Wildman–Crippen LogP) is 7.79. The molecule has 0 aliphatic carbocycles. The van der Waals surface area contributed by atoms with Crippen LogP contribution in [0.3, 0.4) is 0 Å². The van der Waals surface area contributed by atoms with Gasteiger partial charge in [0, 0.05) is 19.8 Å². The van der Waals surface area contributed by atoms with Crippen molar-refractivity contribution in [3.8, 4) is 0 Å². The Morgan fingerprint density at radius 2 is 1.05 bits per heavy atom. The Morgan fingerprint density at radius 1 is 0.568 bits per heavy atom. The maximum absolute atomic E-state index is 13.5. The molecule has 3 heterocycles. The number of hydrogen-bond donors (Lipinski definition) is 14. The number of rotatable bonds is 56. The molecular weight excluding hydrogens is 1230 g/mol. The second-order valence-electron chi connectivity index (χ2n) is 26.8. The number of carboxylic acid groups (broad SMARTS) is 1. The number of aliphatic carboxylic acids is 1. The van der Waals surface area contributed by atoms with Gasteiger partial charge in [-0.3, -0.25) is 9.59 Å². The zero-order chi connectivity index (χ0) is 69.6. The summed E-state index contributed by atoms with van der Waals surface area (Å²) < 4.78 is 34.8. The summed E-state index contributed by atoms with van der Waals surface area (Å²) in [4.78, 5) is 38.6. The van der Waals surface area contributed by atoms with Crippen LogP contribution in [0.2, 0.25) is 0 Å². The number of aliphatic hydroxyl groups is 11. The first-order valence-electron chi connectivity index (χ1n) is 36.9. The van der Waals surface area contributed by atoms with Crippen molar-refractivity contribution >= 4 is 17.8 Å². The predicted molar refractivity (Wildman–Crippen MR) is 361 cm³/mol. The van der Waals surface area contributed by atoms with Crippen LogP contribution in [0.25, 0.3) is 0 Å². The van der Waals surface area contributed by atoms with Crippen molar-refractivity contribution in [1.29, 1.82) is 0 Å². The van der Waals surface area contributed by atoms with E-state index in [-0.39, 0.29) is 12.3 Å². The zero-order valence-corrected chi connectivity index (χ0v) is 58.0. The summed E-state index contributed by atoms with van der Waals surface area (Å²) in [5.41, 5.74) is 0. The Morgan fingerprint density at radius 3 is 1.54 bits per heavy atom. The lowest BCUT2D eigenvalue weighted by molar-refractivity contribution is -0.386. The van der Waals surface area contributed by atoms with Crippen molar-refractivity contribution in [1.82, 2.24) is 10.6 Å². The SMILES string of the molecule is CC/C=C\C/C=C\CCCCCCCCCCCCCCCCC(=O)NC(COC1OC(CO)C(OC2OC(CO)C(O)C(OC3(C(=O)O)CC(O)C(NC(C)=O)C(C(O)C(O)CO)O3)C2O)C(O)C1O)C(O)/C=C/CCCCCCCCCCCCCCCCCCCC. The molecule has 18 atom stereocenters. The molecule has 0 aromatic rings. The van der Waals surface area contributed by atoms with Crippen molar-refractivity contribution in [3.05, 3.63) is 36.5 Å². The normalized spacial score (nSPS) is 27.9. The number of hydrogen-bond acceptors (Lipinski definition) is 20. The molecule has 3 aliphatic rings. The van der Waals surface area contributed by atoms with Gasteiger partial charge in [0.2, 0.25) is 11.8 Å². The summed E-state index contributed by atoms with van der Waals surface area (Å²) in [7, 11) is 0. The standard InChI is InChI=1S/C72H130N2O21/c1-4-6-8-10-12-14-16-18-20-22-24-26-28-30-32-34-36-38-40-42-44-46-59(82)74-53(54(79)45-43-41-39-37-35-33-31-29-27-25-23-21-19-17-15-13-11-9-7-5-2)51-90-69-64(86)63(85)66(58(50-77)92-69)93-70-65(87)68(62(84)57(49-76)91-70)95-72(71(88)89)47-55(80)60(73-52(3)78)67(94-72)61(83)56(81)48-75/h6,8,12,14,43,45,53-58,60-70,75-77,79-81,83-87H,4-5,7,9-11,13,15-42,44,46-51H2,1-3H3,(H,73,78)(H,74,82)(H,88,89)/b8-6-,14-12-,45-43+. The van der Waals surface area contributed by atoms with Gasteiger partial charge < -0.3 is 100 Å². The van der Waals surface area contributed by atoms with E-state index < -0.39 is 155 Å². The molecular formula is C72H130N2O21. The maximum Gasteiger partial charge on any atom is 0.364 e. The van der Waals surface area contributed by atoms with Gasteiger partial charge in [0.1, 0.15) is 67.1 Å². The lowest BCUT2D eigenvalue weighted by Crippen LogP contribution is -2.70. The summed E-state index contributed by atoms with van der Waals surface area (Å²) in [6, 6.07) is -2.62. The number of ether oxygens (including phenoxy) is 6. The molecule has 23 nitrogen and oxygen atoms in total. The molecule has 2 amide bonds. The van der Waals surface area contributed by atoms with Crippen molar-refractivity contribution < 1.29 is 104 Å². The van der Waals surface area contributed by atoms with Crippen LogP contribution in [0.15, 0.2) is 36.5 Å².